The van der Waals surface area contributed by atoms with Crippen LogP contribution in [0.5, 0.6) is 0 Å². The smallest absolute Gasteiger partial charge is 0.326 e. The van der Waals surface area contributed by atoms with E-state index in [1.54, 1.807) is 24.3 Å². The number of urea groups is 1. The van der Waals surface area contributed by atoms with Crippen molar-refractivity contribution in [1.82, 2.24) is 10.2 Å². The Hall–Kier alpha value is -2.08. The highest BCUT2D eigenvalue weighted by atomic mass is 35.5. The monoisotopic (exact) mass is 364 g/mol. The number of ether oxygens (including phenoxy) is 1. The van der Waals surface area contributed by atoms with Gasteiger partial charge < -0.3 is 10.1 Å². The summed E-state index contributed by atoms with van der Waals surface area (Å²) in [5, 5.41) is 3.34. The topological polar surface area (TPSA) is 75.7 Å². The van der Waals surface area contributed by atoms with Crippen molar-refractivity contribution in [3.05, 3.63) is 34.9 Å². The van der Waals surface area contributed by atoms with Gasteiger partial charge in [0, 0.05) is 5.02 Å². The maximum absolute atomic E-state index is 12.7. The molecule has 0 unspecified atom stereocenters. The third-order valence-corrected chi connectivity index (χ3v) is 5.18. The van der Waals surface area contributed by atoms with E-state index in [9.17, 15) is 14.4 Å². The number of imide groups is 1. The fourth-order valence-corrected chi connectivity index (χ4v) is 3.59. The first-order valence-corrected chi connectivity index (χ1v) is 8.81. The molecule has 0 bridgehead atoms. The largest absolute Gasteiger partial charge is 0.459 e. The van der Waals surface area contributed by atoms with Crippen molar-refractivity contribution in [2.45, 2.75) is 44.8 Å². The Morgan fingerprint density at radius 3 is 2.76 bits per heavy atom. The lowest BCUT2D eigenvalue weighted by atomic mass is 9.77. The Kier molecular flexibility index (Phi) is 4.99. The molecular weight excluding hydrogens is 344 g/mol. The van der Waals surface area contributed by atoms with Crippen LogP contribution >= 0.6 is 11.6 Å². The van der Waals surface area contributed by atoms with Crippen molar-refractivity contribution < 1.29 is 19.1 Å². The van der Waals surface area contributed by atoms with Crippen LogP contribution in [-0.2, 0) is 20.9 Å². The van der Waals surface area contributed by atoms with Gasteiger partial charge in [0.05, 0.1) is 0 Å². The van der Waals surface area contributed by atoms with Crippen LogP contribution in [0.3, 0.4) is 0 Å². The van der Waals surface area contributed by atoms with Crippen molar-refractivity contribution in [3.63, 3.8) is 0 Å². The lowest BCUT2D eigenvalue weighted by molar-refractivity contribution is -0.149. The maximum atomic E-state index is 12.7. The number of nitrogens with one attached hydrogen (secondary N) is 1. The van der Waals surface area contributed by atoms with E-state index >= 15 is 0 Å². The van der Waals surface area contributed by atoms with Crippen molar-refractivity contribution >= 4 is 29.5 Å². The second-order valence-electron chi connectivity index (χ2n) is 6.88. The zero-order chi connectivity index (χ0) is 18.0. The third-order valence-electron chi connectivity index (χ3n) is 4.95. The summed E-state index contributed by atoms with van der Waals surface area (Å²) in [7, 11) is 0. The minimum Gasteiger partial charge on any atom is -0.459 e. The molecule has 1 aromatic carbocycles. The Balaban J connectivity index is 1.58. The summed E-state index contributed by atoms with van der Waals surface area (Å²) in [5.74, 6) is -0.388. The quantitative estimate of drug-likeness (QED) is 0.658. The van der Waals surface area contributed by atoms with E-state index in [2.05, 4.69) is 12.2 Å². The molecule has 7 heteroatoms. The summed E-state index contributed by atoms with van der Waals surface area (Å²) in [6, 6.07) is 6.45. The minimum atomic E-state index is -0.836. The second-order valence-corrected chi connectivity index (χ2v) is 7.31. The van der Waals surface area contributed by atoms with E-state index in [1.165, 1.54) is 0 Å². The van der Waals surface area contributed by atoms with E-state index in [0.29, 0.717) is 23.8 Å². The van der Waals surface area contributed by atoms with Gasteiger partial charge in [-0.05, 0) is 49.3 Å². The molecule has 1 saturated heterocycles. The number of esters is 1. The number of rotatable bonds is 4. The molecule has 3 rings (SSSR count). The molecule has 2 fully saturated rings. The van der Waals surface area contributed by atoms with Gasteiger partial charge in [0.1, 0.15) is 18.7 Å². The zero-order valence-corrected chi connectivity index (χ0v) is 14.8. The molecule has 2 aliphatic rings. The standard InChI is InChI=1S/C18H21ClN2O4/c1-12-5-7-18(8-6-12)16(23)21(17(24)20-18)10-15(22)25-11-13-3-2-4-14(19)9-13/h2-4,9,12H,5-8,10-11H2,1H3,(H,20,24). The van der Waals surface area contributed by atoms with Gasteiger partial charge in [0.2, 0.25) is 0 Å². The Morgan fingerprint density at radius 2 is 2.08 bits per heavy atom. The normalized spacial score (nSPS) is 26.0. The van der Waals surface area contributed by atoms with Gasteiger partial charge in [-0.3, -0.25) is 14.5 Å². The summed E-state index contributed by atoms with van der Waals surface area (Å²) < 4.78 is 5.16. The molecule has 0 aromatic heterocycles. The van der Waals surface area contributed by atoms with E-state index < -0.39 is 17.5 Å². The van der Waals surface area contributed by atoms with Crippen LogP contribution in [0.1, 0.15) is 38.2 Å². The van der Waals surface area contributed by atoms with Crippen LogP contribution in [-0.4, -0.2) is 34.9 Å². The summed E-state index contributed by atoms with van der Waals surface area (Å²) in [4.78, 5) is 37.8. The highest BCUT2D eigenvalue weighted by Crippen LogP contribution is 2.36. The second kappa shape index (κ2) is 7.04. The summed E-state index contributed by atoms with van der Waals surface area (Å²) in [6.07, 6.45) is 3.01. The first kappa shape index (κ1) is 17.7. The van der Waals surface area contributed by atoms with Crippen LogP contribution in [0.15, 0.2) is 24.3 Å². The van der Waals surface area contributed by atoms with Gasteiger partial charge >= 0.3 is 12.0 Å². The van der Waals surface area contributed by atoms with Crippen LogP contribution < -0.4 is 5.32 Å². The number of halogens is 1. The average molecular weight is 365 g/mol. The average Bonchev–Trinajstić information content (AvgIpc) is 2.80. The maximum Gasteiger partial charge on any atom is 0.326 e. The van der Waals surface area contributed by atoms with Crippen molar-refractivity contribution in [2.24, 2.45) is 5.92 Å². The lowest BCUT2D eigenvalue weighted by Crippen LogP contribution is -2.49. The first-order valence-electron chi connectivity index (χ1n) is 8.44. The van der Waals surface area contributed by atoms with E-state index in [-0.39, 0.29) is 19.1 Å². The number of amides is 3. The van der Waals surface area contributed by atoms with Gasteiger partial charge in [0.25, 0.3) is 5.91 Å². The van der Waals surface area contributed by atoms with Gasteiger partial charge in [0.15, 0.2) is 0 Å². The van der Waals surface area contributed by atoms with Crippen molar-refractivity contribution in [1.29, 1.82) is 0 Å². The van der Waals surface area contributed by atoms with Crippen molar-refractivity contribution in [3.8, 4) is 0 Å². The van der Waals surface area contributed by atoms with Crippen molar-refractivity contribution in [2.75, 3.05) is 6.54 Å². The molecule has 25 heavy (non-hydrogen) atoms. The van der Waals surface area contributed by atoms with Crippen LogP contribution in [0.2, 0.25) is 5.02 Å². The van der Waals surface area contributed by atoms with Gasteiger partial charge in [-0.2, -0.15) is 0 Å². The number of hydrogen-bond acceptors (Lipinski definition) is 4. The predicted molar refractivity (Wildman–Crippen MR) is 91.9 cm³/mol. The summed E-state index contributed by atoms with van der Waals surface area (Å²) in [6.45, 7) is 1.81. The molecule has 1 heterocycles. The molecule has 6 nitrogen and oxygen atoms in total. The Labute approximate surface area is 151 Å². The lowest BCUT2D eigenvalue weighted by Gasteiger charge is -2.33. The van der Waals surface area contributed by atoms with E-state index in [0.717, 1.165) is 23.3 Å². The molecule has 1 aromatic rings. The SMILES string of the molecule is CC1CCC2(CC1)NC(=O)N(CC(=O)OCc1cccc(Cl)c1)C2=O. The number of carbonyl (C=O) groups excluding carboxylic acids is 3. The molecule has 1 aliphatic heterocycles. The zero-order valence-electron chi connectivity index (χ0n) is 14.1. The highest BCUT2D eigenvalue weighted by molar-refractivity contribution is 6.30. The van der Waals surface area contributed by atoms with Crippen LogP contribution in [0, 0.1) is 5.92 Å². The first-order chi connectivity index (χ1) is 11.9. The fourth-order valence-electron chi connectivity index (χ4n) is 3.38. The third kappa shape index (κ3) is 3.79. The summed E-state index contributed by atoms with van der Waals surface area (Å²) in [5.41, 5.74) is -0.0904. The summed E-state index contributed by atoms with van der Waals surface area (Å²) >= 11 is 5.88. The molecule has 1 N–H and O–H groups in total. The molecule has 0 radical (unpaired) electrons. The fraction of sp³-hybridized carbons (Fsp3) is 0.500. The number of carbonyl (C=O) groups is 3. The minimum absolute atomic E-state index is 0.0473. The Bertz CT molecular complexity index is 698. The van der Waals surface area contributed by atoms with Crippen LogP contribution in [0.4, 0.5) is 4.79 Å². The molecular formula is C18H21ClN2O4. The van der Waals surface area contributed by atoms with Gasteiger partial charge in [-0.25, -0.2) is 4.79 Å². The van der Waals surface area contributed by atoms with E-state index in [4.69, 9.17) is 16.3 Å². The highest BCUT2D eigenvalue weighted by Gasteiger charge is 2.52. The van der Waals surface area contributed by atoms with Gasteiger partial charge in [-0.15, -0.1) is 0 Å². The Morgan fingerprint density at radius 1 is 1.36 bits per heavy atom. The molecule has 1 saturated carbocycles. The molecule has 1 spiro atoms. The van der Waals surface area contributed by atoms with Gasteiger partial charge in [-0.1, -0.05) is 30.7 Å². The predicted octanol–water partition coefficient (Wildman–Crippen LogP) is 2.88. The van der Waals surface area contributed by atoms with Crippen LogP contribution in [0.25, 0.3) is 0 Å². The van der Waals surface area contributed by atoms with E-state index in [1.807, 2.05) is 0 Å². The number of nitrogens with zero attached hydrogens (tertiary/aromatic N) is 1. The number of benzene rings is 1. The number of hydrogen-bond donors (Lipinski definition) is 1. The molecule has 1 aliphatic carbocycles. The molecule has 134 valence electrons. The molecule has 0 atom stereocenters. The molecule has 3 amide bonds.